The number of carbonyl (C=O) groups excluding carboxylic acids is 3. The summed E-state index contributed by atoms with van der Waals surface area (Å²) in [5.74, 6) is -1.42. The SMILES string of the molecule is CC(C)N(C(=O)COC(=O)[C@@H]1CC(=O)N([C@@H](C)c2ccccc2)C1)c1ccccc1. The molecule has 2 aromatic rings. The first kappa shape index (κ1) is 21.6. The third-order valence-electron chi connectivity index (χ3n) is 5.40. The lowest BCUT2D eigenvalue weighted by molar-refractivity contribution is -0.151. The molecule has 0 aromatic heterocycles. The summed E-state index contributed by atoms with van der Waals surface area (Å²) >= 11 is 0. The molecule has 1 saturated heterocycles. The fraction of sp³-hybridized carbons (Fsp3) is 0.375. The molecule has 1 aliphatic rings. The maximum Gasteiger partial charge on any atom is 0.311 e. The van der Waals surface area contributed by atoms with E-state index in [1.165, 1.54) is 0 Å². The molecule has 6 nitrogen and oxygen atoms in total. The summed E-state index contributed by atoms with van der Waals surface area (Å²) in [6.45, 7) is 5.72. The number of nitrogens with zero attached hydrogens (tertiary/aromatic N) is 2. The minimum absolute atomic E-state index is 0.0751. The third-order valence-corrected chi connectivity index (χ3v) is 5.40. The first-order chi connectivity index (χ1) is 14.4. The first-order valence-electron chi connectivity index (χ1n) is 10.3. The van der Waals surface area contributed by atoms with Gasteiger partial charge in [-0.05, 0) is 38.5 Å². The topological polar surface area (TPSA) is 66.9 Å². The Morgan fingerprint density at radius 3 is 2.23 bits per heavy atom. The lowest BCUT2D eigenvalue weighted by Gasteiger charge is -2.27. The molecule has 2 aromatic carbocycles. The van der Waals surface area contributed by atoms with Gasteiger partial charge in [-0.3, -0.25) is 14.4 Å². The van der Waals surface area contributed by atoms with Gasteiger partial charge in [-0.15, -0.1) is 0 Å². The number of carbonyl (C=O) groups is 3. The number of hydrogen-bond acceptors (Lipinski definition) is 4. The summed E-state index contributed by atoms with van der Waals surface area (Å²) in [4.78, 5) is 41.0. The minimum Gasteiger partial charge on any atom is -0.455 e. The van der Waals surface area contributed by atoms with E-state index in [0.717, 1.165) is 11.3 Å². The largest absolute Gasteiger partial charge is 0.455 e. The fourth-order valence-corrected chi connectivity index (χ4v) is 3.81. The number of benzene rings is 2. The van der Waals surface area contributed by atoms with Crippen LogP contribution in [0.1, 0.15) is 38.8 Å². The first-order valence-corrected chi connectivity index (χ1v) is 10.3. The summed E-state index contributed by atoms with van der Waals surface area (Å²) in [7, 11) is 0. The second kappa shape index (κ2) is 9.57. The highest BCUT2D eigenvalue weighted by molar-refractivity contribution is 5.96. The highest BCUT2D eigenvalue weighted by Gasteiger charge is 2.38. The molecule has 2 atom stereocenters. The van der Waals surface area contributed by atoms with Crippen LogP contribution in [-0.2, 0) is 19.1 Å². The summed E-state index contributed by atoms with van der Waals surface area (Å²) < 4.78 is 5.31. The summed E-state index contributed by atoms with van der Waals surface area (Å²) in [5, 5.41) is 0. The second-order valence-corrected chi connectivity index (χ2v) is 7.83. The van der Waals surface area contributed by atoms with Crippen LogP contribution in [0.4, 0.5) is 5.69 Å². The van der Waals surface area contributed by atoms with Crippen molar-refractivity contribution in [2.75, 3.05) is 18.1 Å². The van der Waals surface area contributed by atoms with Crippen molar-refractivity contribution in [3.8, 4) is 0 Å². The Balaban J connectivity index is 1.58. The molecule has 0 aliphatic carbocycles. The van der Waals surface area contributed by atoms with E-state index in [0.29, 0.717) is 6.54 Å². The van der Waals surface area contributed by atoms with Crippen LogP contribution in [0.3, 0.4) is 0 Å². The number of likely N-dealkylation sites (tertiary alicyclic amines) is 1. The van der Waals surface area contributed by atoms with E-state index >= 15 is 0 Å². The van der Waals surface area contributed by atoms with Gasteiger partial charge < -0.3 is 14.5 Å². The number of hydrogen-bond donors (Lipinski definition) is 0. The quantitative estimate of drug-likeness (QED) is 0.657. The van der Waals surface area contributed by atoms with Gasteiger partial charge in [0.05, 0.1) is 12.0 Å². The van der Waals surface area contributed by atoms with Gasteiger partial charge in [-0.1, -0.05) is 48.5 Å². The summed E-state index contributed by atoms with van der Waals surface area (Å²) in [6.07, 6.45) is 0.108. The predicted molar refractivity (Wildman–Crippen MR) is 115 cm³/mol. The molecule has 2 amide bonds. The molecule has 1 fully saturated rings. The van der Waals surface area contributed by atoms with Crippen LogP contribution in [0, 0.1) is 5.92 Å². The Hall–Kier alpha value is -3.15. The average Bonchev–Trinajstić information content (AvgIpc) is 3.14. The van der Waals surface area contributed by atoms with Gasteiger partial charge >= 0.3 is 5.97 Å². The van der Waals surface area contributed by atoms with Gasteiger partial charge in [0, 0.05) is 24.7 Å². The van der Waals surface area contributed by atoms with E-state index in [1.54, 1.807) is 9.80 Å². The van der Waals surface area contributed by atoms with Crippen molar-refractivity contribution in [1.29, 1.82) is 0 Å². The van der Waals surface area contributed by atoms with E-state index < -0.39 is 11.9 Å². The van der Waals surface area contributed by atoms with Crippen LogP contribution in [0.5, 0.6) is 0 Å². The molecule has 0 bridgehead atoms. The van der Waals surface area contributed by atoms with Crippen molar-refractivity contribution < 1.29 is 19.1 Å². The van der Waals surface area contributed by atoms with Crippen molar-refractivity contribution >= 4 is 23.5 Å². The third kappa shape index (κ3) is 4.87. The normalized spacial score (nSPS) is 17.1. The molecule has 30 heavy (non-hydrogen) atoms. The zero-order chi connectivity index (χ0) is 21.7. The Bertz CT molecular complexity index is 883. The zero-order valence-electron chi connectivity index (χ0n) is 17.7. The van der Waals surface area contributed by atoms with E-state index in [9.17, 15) is 14.4 Å². The van der Waals surface area contributed by atoms with E-state index in [4.69, 9.17) is 4.74 Å². The molecule has 1 heterocycles. The Labute approximate surface area is 177 Å². The molecule has 0 saturated carbocycles. The molecular formula is C24H28N2O4. The summed E-state index contributed by atoms with van der Waals surface area (Å²) in [6, 6.07) is 18.8. The van der Waals surface area contributed by atoms with Gasteiger partial charge in [0.2, 0.25) is 5.91 Å². The van der Waals surface area contributed by atoms with Crippen LogP contribution in [0.25, 0.3) is 0 Å². The number of ether oxygens (including phenoxy) is 1. The molecule has 0 unspecified atom stereocenters. The number of anilines is 1. The van der Waals surface area contributed by atoms with Gasteiger partial charge in [-0.25, -0.2) is 0 Å². The van der Waals surface area contributed by atoms with Crippen molar-refractivity contribution in [1.82, 2.24) is 4.90 Å². The van der Waals surface area contributed by atoms with Gasteiger partial charge in [0.15, 0.2) is 6.61 Å². The highest BCUT2D eigenvalue weighted by Crippen LogP contribution is 2.29. The number of para-hydroxylation sites is 1. The lowest BCUT2D eigenvalue weighted by atomic mass is 10.1. The maximum atomic E-state index is 12.7. The minimum atomic E-state index is -0.555. The van der Waals surface area contributed by atoms with Crippen molar-refractivity contribution in [2.45, 2.75) is 39.3 Å². The van der Waals surface area contributed by atoms with E-state index in [-0.39, 0.29) is 36.9 Å². The lowest BCUT2D eigenvalue weighted by Crippen LogP contribution is -2.40. The standard InChI is InChI=1S/C24H28N2O4/c1-17(2)26(21-12-8-5-9-13-21)23(28)16-30-24(29)20-14-22(27)25(15-20)18(3)19-10-6-4-7-11-19/h4-13,17-18,20H,14-16H2,1-3H3/t18-,20+/m0/s1. The average molecular weight is 408 g/mol. The van der Waals surface area contributed by atoms with Crippen LogP contribution in [-0.4, -0.2) is 41.9 Å². The number of esters is 1. The maximum absolute atomic E-state index is 12.7. The molecule has 6 heteroatoms. The van der Waals surface area contributed by atoms with Gasteiger partial charge in [0.25, 0.3) is 5.91 Å². The van der Waals surface area contributed by atoms with E-state index in [1.807, 2.05) is 81.4 Å². The molecule has 1 aliphatic heterocycles. The smallest absolute Gasteiger partial charge is 0.311 e. The number of amides is 2. The molecule has 0 radical (unpaired) electrons. The Kier molecular flexibility index (Phi) is 6.87. The second-order valence-electron chi connectivity index (χ2n) is 7.83. The van der Waals surface area contributed by atoms with Crippen LogP contribution in [0.15, 0.2) is 60.7 Å². The van der Waals surface area contributed by atoms with Crippen molar-refractivity contribution in [3.63, 3.8) is 0 Å². The zero-order valence-corrected chi connectivity index (χ0v) is 17.7. The van der Waals surface area contributed by atoms with Gasteiger partial charge in [0.1, 0.15) is 0 Å². The molecule has 3 rings (SSSR count). The molecule has 0 N–H and O–H groups in total. The summed E-state index contributed by atoms with van der Waals surface area (Å²) in [5.41, 5.74) is 1.78. The molecule has 158 valence electrons. The van der Waals surface area contributed by atoms with Crippen LogP contribution >= 0.6 is 0 Å². The number of rotatable bonds is 7. The Morgan fingerprint density at radius 2 is 1.63 bits per heavy atom. The van der Waals surface area contributed by atoms with Crippen molar-refractivity contribution in [2.24, 2.45) is 5.92 Å². The predicted octanol–water partition coefficient (Wildman–Crippen LogP) is 3.58. The highest BCUT2D eigenvalue weighted by atomic mass is 16.5. The Morgan fingerprint density at radius 1 is 1.03 bits per heavy atom. The van der Waals surface area contributed by atoms with Crippen LogP contribution < -0.4 is 4.90 Å². The fourth-order valence-electron chi connectivity index (χ4n) is 3.81. The van der Waals surface area contributed by atoms with Gasteiger partial charge in [-0.2, -0.15) is 0 Å². The van der Waals surface area contributed by atoms with Crippen LogP contribution in [0.2, 0.25) is 0 Å². The monoisotopic (exact) mass is 408 g/mol. The molecule has 0 spiro atoms. The van der Waals surface area contributed by atoms with Crippen molar-refractivity contribution in [3.05, 3.63) is 66.2 Å². The molecular weight excluding hydrogens is 380 g/mol. The van der Waals surface area contributed by atoms with E-state index in [2.05, 4.69) is 0 Å².